The molecule has 0 aliphatic heterocycles. The summed E-state index contributed by atoms with van der Waals surface area (Å²) in [4.78, 5) is 4.14. The Balaban J connectivity index is 2.88. The van der Waals surface area contributed by atoms with Gasteiger partial charge in [-0.15, -0.1) is 0 Å². The van der Waals surface area contributed by atoms with Crippen LogP contribution in [0, 0.1) is 5.41 Å². The van der Waals surface area contributed by atoms with Crippen LogP contribution in [0.15, 0.2) is 17.2 Å². The number of pyridine rings is 1. The molecule has 114 valence electrons. The topological polar surface area (TPSA) is 71.1 Å². The van der Waals surface area contributed by atoms with Crippen LogP contribution in [0.5, 0.6) is 0 Å². The number of anilines is 1. The van der Waals surface area contributed by atoms with Gasteiger partial charge >= 0.3 is 0 Å². The molecular weight excluding hydrogens is 298 g/mol. The molecule has 1 heterocycles. The quantitative estimate of drug-likeness (QED) is 0.845. The van der Waals surface area contributed by atoms with E-state index in [-0.39, 0.29) is 10.3 Å². The first-order valence-electron chi connectivity index (χ1n) is 6.55. The summed E-state index contributed by atoms with van der Waals surface area (Å²) in [6.07, 6.45) is 2.25. The summed E-state index contributed by atoms with van der Waals surface area (Å²) >= 11 is 6.04. The highest BCUT2D eigenvalue weighted by Gasteiger charge is 2.19. The molecule has 0 fully saturated rings. The molecule has 0 aliphatic rings. The van der Waals surface area contributed by atoms with Crippen molar-refractivity contribution in [3.05, 3.63) is 17.3 Å². The Labute approximate surface area is 126 Å². The van der Waals surface area contributed by atoms with Crippen LogP contribution in [0.1, 0.15) is 34.1 Å². The van der Waals surface area contributed by atoms with E-state index in [1.807, 2.05) is 27.7 Å². The minimum atomic E-state index is -3.58. The molecular formula is C13H22ClN3O2S. The molecule has 0 radical (unpaired) electrons. The largest absolute Gasteiger partial charge is 0.369 e. The van der Waals surface area contributed by atoms with Crippen LogP contribution in [0.25, 0.3) is 0 Å². The summed E-state index contributed by atoms with van der Waals surface area (Å²) in [6, 6.07) is 1.41. The lowest BCUT2D eigenvalue weighted by atomic mass is 9.98. The second-order valence-corrected chi connectivity index (χ2v) is 7.99. The van der Waals surface area contributed by atoms with Crippen molar-refractivity contribution in [1.82, 2.24) is 9.71 Å². The van der Waals surface area contributed by atoms with Gasteiger partial charge in [-0.25, -0.2) is 18.1 Å². The third-order valence-corrected chi connectivity index (χ3v) is 4.12. The number of hydrogen-bond donors (Lipinski definition) is 2. The number of rotatable bonds is 6. The van der Waals surface area contributed by atoms with Crippen LogP contribution in [0.2, 0.25) is 5.02 Å². The Bertz CT molecular complexity index is 553. The van der Waals surface area contributed by atoms with Crippen LogP contribution >= 0.6 is 11.6 Å². The van der Waals surface area contributed by atoms with Gasteiger partial charge in [-0.05, 0) is 17.9 Å². The third kappa shape index (κ3) is 5.26. The van der Waals surface area contributed by atoms with E-state index in [0.29, 0.717) is 17.4 Å². The molecule has 0 aromatic carbocycles. The highest BCUT2D eigenvalue weighted by Crippen LogP contribution is 2.23. The zero-order valence-corrected chi connectivity index (χ0v) is 13.9. The van der Waals surface area contributed by atoms with Gasteiger partial charge in [0.15, 0.2) is 0 Å². The number of sulfonamides is 1. The fraction of sp³-hybridized carbons (Fsp3) is 0.615. The molecule has 0 aliphatic carbocycles. The normalized spacial score (nSPS) is 12.4. The maximum Gasteiger partial charge on any atom is 0.242 e. The van der Waals surface area contributed by atoms with E-state index in [0.717, 1.165) is 13.0 Å². The Morgan fingerprint density at radius 1 is 1.35 bits per heavy atom. The first-order valence-corrected chi connectivity index (χ1v) is 8.41. The molecule has 20 heavy (non-hydrogen) atoms. The van der Waals surface area contributed by atoms with Crippen LogP contribution < -0.4 is 10.0 Å². The van der Waals surface area contributed by atoms with E-state index in [1.165, 1.54) is 12.3 Å². The summed E-state index contributed by atoms with van der Waals surface area (Å²) in [5.41, 5.74) is -0.132. The van der Waals surface area contributed by atoms with Gasteiger partial charge in [0.25, 0.3) is 0 Å². The molecule has 0 bridgehead atoms. The zero-order chi connectivity index (χ0) is 15.4. The number of hydrogen-bond acceptors (Lipinski definition) is 4. The second kappa shape index (κ2) is 6.74. The third-order valence-electron chi connectivity index (χ3n) is 2.46. The van der Waals surface area contributed by atoms with Gasteiger partial charge in [0.2, 0.25) is 10.0 Å². The molecule has 1 rings (SSSR count). The van der Waals surface area contributed by atoms with Gasteiger partial charge in [0.1, 0.15) is 10.7 Å². The standard InChI is InChI=1S/C13H22ClN3O2S/c1-5-6-15-12-11(14)7-10(8-16-12)20(18,19)17-9-13(2,3)4/h7-8,17H,5-6,9H2,1-4H3,(H,15,16). The average Bonchev–Trinajstić information content (AvgIpc) is 2.34. The summed E-state index contributed by atoms with van der Waals surface area (Å²) in [7, 11) is -3.58. The Kier molecular flexibility index (Phi) is 5.79. The fourth-order valence-electron chi connectivity index (χ4n) is 1.34. The Morgan fingerprint density at radius 3 is 2.50 bits per heavy atom. The van der Waals surface area contributed by atoms with Crippen molar-refractivity contribution in [3.8, 4) is 0 Å². The molecule has 5 nitrogen and oxygen atoms in total. The van der Waals surface area contributed by atoms with E-state index in [1.54, 1.807) is 0 Å². The molecule has 0 amide bonds. The lowest BCUT2D eigenvalue weighted by Crippen LogP contribution is -2.32. The maximum absolute atomic E-state index is 12.1. The van der Waals surface area contributed by atoms with Gasteiger partial charge in [-0.2, -0.15) is 0 Å². The Hall–Kier alpha value is -0.850. The average molecular weight is 320 g/mol. The van der Waals surface area contributed by atoms with Crippen molar-refractivity contribution in [2.24, 2.45) is 5.41 Å². The van der Waals surface area contributed by atoms with E-state index < -0.39 is 10.0 Å². The van der Waals surface area contributed by atoms with Crippen LogP contribution in [-0.4, -0.2) is 26.5 Å². The predicted molar refractivity (Wildman–Crippen MR) is 82.7 cm³/mol. The molecule has 0 unspecified atom stereocenters. The minimum absolute atomic E-state index is 0.0776. The van der Waals surface area contributed by atoms with E-state index in [2.05, 4.69) is 15.0 Å². The summed E-state index contributed by atoms with van der Waals surface area (Å²) in [5.74, 6) is 0.503. The summed E-state index contributed by atoms with van der Waals surface area (Å²) in [6.45, 7) is 8.98. The minimum Gasteiger partial charge on any atom is -0.369 e. The zero-order valence-electron chi connectivity index (χ0n) is 12.3. The SMILES string of the molecule is CCCNc1ncc(S(=O)(=O)NCC(C)(C)C)cc1Cl. The van der Waals surface area contributed by atoms with E-state index in [9.17, 15) is 8.42 Å². The molecule has 0 atom stereocenters. The van der Waals surface area contributed by atoms with E-state index >= 15 is 0 Å². The van der Waals surface area contributed by atoms with Gasteiger partial charge in [0, 0.05) is 19.3 Å². The number of halogens is 1. The molecule has 0 saturated heterocycles. The highest BCUT2D eigenvalue weighted by atomic mass is 35.5. The summed E-state index contributed by atoms with van der Waals surface area (Å²) < 4.78 is 26.8. The van der Waals surface area contributed by atoms with Crippen molar-refractivity contribution in [2.45, 2.75) is 39.0 Å². The molecule has 0 spiro atoms. The van der Waals surface area contributed by atoms with Crippen LogP contribution in [-0.2, 0) is 10.0 Å². The van der Waals surface area contributed by atoms with Gasteiger partial charge in [0.05, 0.1) is 5.02 Å². The maximum atomic E-state index is 12.1. The van der Waals surface area contributed by atoms with Crippen molar-refractivity contribution in [3.63, 3.8) is 0 Å². The molecule has 7 heteroatoms. The smallest absolute Gasteiger partial charge is 0.242 e. The number of nitrogens with one attached hydrogen (secondary N) is 2. The van der Waals surface area contributed by atoms with Gasteiger partial charge < -0.3 is 5.32 Å². The predicted octanol–water partition coefficient (Wildman–Crippen LogP) is 2.88. The monoisotopic (exact) mass is 319 g/mol. The second-order valence-electron chi connectivity index (χ2n) is 5.81. The van der Waals surface area contributed by atoms with Gasteiger partial charge in [-0.3, -0.25) is 0 Å². The van der Waals surface area contributed by atoms with Crippen molar-refractivity contribution in [2.75, 3.05) is 18.4 Å². The molecule has 1 aromatic heterocycles. The first-order chi connectivity index (χ1) is 9.15. The lowest BCUT2D eigenvalue weighted by Gasteiger charge is -2.18. The lowest BCUT2D eigenvalue weighted by molar-refractivity contribution is 0.407. The number of nitrogens with zero attached hydrogens (tertiary/aromatic N) is 1. The molecule has 1 aromatic rings. The van der Waals surface area contributed by atoms with Crippen LogP contribution in [0.3, 0.4) is 0 Å². The number of aromatic nitrogens is 1. The van der Waals surface area contributed by atoms with Gasteiger partial charge in [-0.1, -0.05) is 39.3 Å². The van der Waals surface area contributed by atoms with E-state index in [4.69, 9.17) is 11.6 Å². The molecule has 2 N–H and O–H groups in total. The van der Waals surface area contributed by atoms with Crippen molar-refractivity contribution >= 4 is 27.4 Å². The van der Waals surface area contributed by atoms with Crippen LogP contribution in [0.4, 0.5) is 5.82 Å². The fourth-order valence-corrected chi connectivity index (χ4v) is 2.89. The highest BCUT2D eigenvalue weighted by molar-refractivity contribution is 7.89. The summed E-state index contributed by atoms with van der Waals surface area (Å²) in [5, 5.41) is 3.34. The van der Waals surface area contributed by atoms with Crippen molar-refractivity contribution < 1.29 is 8.42 Å². The van der Waals surface area contributed by atoms with Crippen molar-refractivity contribution in [1.29, 1.82) is 0 Å². The first kappa shape index (κ1) is 17.2. The molecule has 0 saturated carbocycles. The Morgan fingerprint density at radius 2 is 2.00 bits per heavy atom.